The highest BCUT2D eigenvalue weighted by atomic mass is 35.5. The topological polar surface area (TPSA) is 52.9 Å². The first-order chi connectivity index (χ1) is 11.1. The van der Waals surface area contributed by atoms with Crippen molar-refractivity contribution in [3.8, 4) is 0 Å². The zero-order valence-corrected chi connectivity index (χ0v) is 13.6. The minimum atomic E-state index is -0.941. The molecule has 0 saturated carbocycles. The van der Waals surface area contributed by atoms with Gasteiger partial charge in [0.15, 0.2) is 0 Å². The van der Waals surface area contributed by atoms with Gasteiger partial charge in [0.25, 0.3) is 0 Å². The molecule has 23 heavy (non-hydrogen) atoms. The number of benzodiazepines with no additional fused rings is 1. The predicted octanol–water partition coefficient (Wildman–Crippen LogP) is 3.41. The fourth-order valence-electron chi connectivity index (χ4n) is 2.55. The number of carbonyl (C=O) groups is 1. The van der Waals surface area contributed by atoms with E-state index < -0.39 is 5.97 Å². The Balaban J connectivity index is 2.17. The average Bonchev–Trinajstić information content (AvgIpc) is 2.66. The number of hydrogen-bond acceptors (Lipinski definition) is 3. The van der Waals surface area contributed by atoms with Crippen LogP contribution in [0.3, 0.4) is 0 Å². The smallest absolute Gasteiger partial charge is 0.323 e. The van der Waals surface area contributed by atoms with Crippen molar-refractivity contribution in [3.05, 3.63) is 64.7 Å². The van der Waals surface area contributed by atoms with E-state index >= 15 is 0 Å². The Kier molecular flexibility index (Phi) is 4.41. The summed E-state index contributed by atoms with van der Waals surface area (Å²) in [6.07, 6.45) is 0. The van der Waals surface area contributed by atoms with E-state index in [1.807, 2.05) is 42.5 Å². The van der Waals surface area contributed by atoms with Crippen molar-refractivity contribution in [2.45, 2.75) is 0 Å². The van der Waals surface area contributed by atoms with Crippen molar-refractivity contribution in [1.82, 2.24) is 0 Å². The van der Waals surface area contributed by atoms with Crippen LogP contribution in [0.1, 0.15) is 11.1 Å². The summed E-state index contributed by atoms with van der Waals surface area (Å²) in [7, 11) is 0. The van der Waals surface area contributed by atoms with Gasteiger partial charge in [-0.3, -0.25) is 9.79 Å². The number of thiocarbonyl (C=S) groups is 1. The van der Waals surface area contributed by atoms with Gasteiger partial charge < -0.3 is 10.0 Å². The zero-order chi connectivity index (χ0) is 16.4. The fraction of sp³-hybridized carbons (Fsp3) is 0.118. The number of aliphatic carboxylic acids is 1. The zero-order valence-electron chi connectivity index (χ0n) is 12.1. The van der Waals surface area contributed by atoms with E-state index in [1.165, 1.54) is 0 Å². The van der Waals surface area contributed by atoms with Crippen LogP contribution in [0.25, 0.3) is 0 Å². The molecule has 0 radical (unpaired) electrons. The molecule has 2 aromatic carbocycles. The maximum absolute atomic E-state index is 11.2. The van der Waals surface area contributed by atoms with Crippen molar-refractivity contribution >= 4 is 46.2 Å². The van der Waals surface area contributed by atoms with Crippen LogP contribution in [0.15, 0.2) is 53.5 Å². The van der Waals surface area contributed by atoms with Gasteiger partial charge in [-0.05, 0) is 12.1 Å². The van der Waals surface area contributed by atoms with Crippen molar-refractivity contribution in [3.63, 3.8) is 0 Å². The molecule has 0 aliphatic carbocycles. The first-order valence-corrected chi connectivity index (χ1v) is 7.77. The Labute approximate surface area is 144 Å². The number of carboxylic acids is 1. The number of nitrogens with zero attached hydrogens (tertiary/aromatic N) is 2. The largest absolute Gasteiger partial charge is 0.480 e. The van der Waals surface area contributed by atoms with Crippen molar-refractivity contribution < 1.29 is 9.90 Å². The normalized spacial score (nSPS) is 14.0. The number of rotatable bonds is 3. The van der Waals surface area contributed by atoms with Crippen LogP contribution in [-0.4, -0.2) is 34.9 Å². The third-order valence-corrected chi connectivity index (χ3v) is 4.22. The van der Waals surface area contributed by atoms with Gasteiger partial charge in [0.05, 0.1) is 17.9 Å². The maximum Gasteiger partial charge on any atom is 0.323 e. The molecule has 1 heterocycles. The average molecular weight is 345 g/mol. The van der Waals surface area contributed by atoms with Gasteiger partial charge >= 0.3 is 5.97 Å². The minimum Gasteiger partial charge on any atom is -0.480 e. The molecule has 0 aromatic heterocycles. The monoisotopic (exact) mass is 344 g/mol. The number of aliphatic imine (C=N–C) groups is 1. The van der Waals surface area contributed by atoms with Crippen LogP contribution >= 0.6 is 23.8 Å². The van der Waals surface area contributed by atoms with E-state index in [9.17, 15) is 4.79 Å². The van der Waals surface area contributed by atoms with Crippen molar-refractivity contribution in [2.24, 2.45) is 4.99 Å². The third kappa shape index (κ3) is 3.11. The SMILES string of the molecule is O=C(O)CN1C(=S)CN=C(c2ccccc2Cl)c2ccccc21. The molecule has 3 rings (SSSR count). The number of carboxylic acid groups (broad SMARTS) is 1. The first-order valence-electron chi connectivity index (χ1n) is 6.99. The highest BCUT2D eigenvalue weighted by Gasteiger charge is 2.24. The predicted molar refractivity (Wildman–Crippen MR) is 96.0 cm³/mol. The molecule has 1 N–H and O–H groups in total. The maximum atomic E-state index is 11.2. The molecule has 0 amide bonds. The Hall–Kier alpha value is -2.24. The van der Waals surface area contributed by atoms with Crippen molar-refractivity contribution in [1.29, 1.82) is 0 Å². The van der Waals surface area contributed by atoms with Gasteiger partial charge in [-0.15, -0.1) is 0 Å². The lowest BCUT2D eigenvalue weighted by Crippen LogP contribution is -2.35. The number of halogens is 1. The molecule has 116 valence electrons. The van der Waals surface area contributed by atoms with Gasteiger partial charge in [-0.25, -0.2) is 0 Å². The van der Waals surface area contributed by atoms with Gasteiger partial charge in [-0.1, -0.05) is 60.2 Å². The van der Waals surface area contributed by atoms with Crippen molar-refractivity contribution in [2.75, 3.05) is 18.0 Å². The number of benzene rings is 2. The number of para-hydroxylation sites is 1. The summed E-state index contributed by atoms with van der Waals surface area (Å²) >= 11 is 11.7. The second-order valence-electron chi connectivity index (χ2n) is 5.04. The van der Waals surface area contributed by atoms with E-state index in [0.29, 0.717) is 10.0 Å². The highest BCUT2D eigenvalue weighted by Crippen LogP contribution is 2.29. The van der Waals surface area contributed by atoms with Gasteiger partial charge in [-0.2, -0.15) is 0 Å². The number of fused-ring (bicyclic) bond motifs is 1. The second-order valence-corrected chi connectivity index (χ2v) is 5.91. The standard InChI is InChI=1S/C17H13ClN2O2S/c18-13-7-3-1-5-11(13)17-12-6-2-4-8-14(12)20(10-16(21)22)15(23)9-19-17/h1-8H,9-10H2,(H,21,22). The molecule has 2 aromatic rings. The Morgan fingerprint density at radius 3 is 2.52 bits per heavy atom. The summed E-state index contributed by atoms with van der Waals surface area (Å²) in [4.78, 5) is 17.9. The van der Waals surface area contributed by atoms with Gasteiger partial charge in [0.2, 0.25) is 0 Å². The molecular formula is C17H13ClN2O2S. The summed E-state index contributed by atoms with van der Waals surface area (Å²) in [5.74, 6) is -0.941. The summed E-state index contributed by atoms with van der Waals surface area (Å²) in [6, 6.07) is 14.9. The van der Waals surface area contributed by atoms with E-state index in [4.69, 9.17) is 28.9 Å². The molecule has 0 saturated heterocycles. The molecule has 0 atom stereocenters. The Morgan fingerprint density at radius 2 is 1.83 bits per heavy atom. The summed E-state index contributed by atoms with van der Waals surface area (Å²) in [6.45, 7) is 0.0546. The van der Waals surface area contributed by atoms with Crippen LogP contribution < -0.4 is 4.90 Å². The quantitative estimate of drug-likeness (QED) is 0.867. The lowest BCUT2D eigenvalue weighted by atomic mass is 10.00. The van der Waals surface area contributed by atoms with E-state index in [-0.39, 0.29) is 13.1 Å². The van der Waals surface area contributed by atoms with E-state index in [2.05, 4.69) is 4.99 Å². The second kappa shape index (κ2) is 6.48. The fourth-order valence-corrected chi connectivity index (χ4v) is 3.01. The lowest BCUT2D eigenvalue weighted by molar-refractivity contribution is -0.135. The Morgan fingerprint density at radius 1 is 1.17 bits per heavy atom. The number of hydrogen-bond donors (Lipinski definition) is 1. The van der Waals surface area contributed by atoms with E-state index in [0.717, 1.165) is 22.5 Å². The van der Waals surface area contributed by atoms with Crippen LogP contribution in [0.4, 0.5) is 5.69 Å². The van der Waals surface area contributed by atoms with Gasteiger partial charge in [0.1, 0.15) is 11.5 Å². The molecule has 6 heteroatoms. The summed E-state index contributed by atoms with van der Waals surface area (Å²) in [5.41, 5.74) is 3.08. The molecule has 0 spiro atoms. The minimum absolute atomic E-state index is 0.193. The Bertz CT molecular complexity index is 820. The summed E-state index contributed by atoms with van der Waals surface area (Å²) in [5, 5.41) is 9.76. The van der Waals surface area contributed by atoms with Crippen LogP contribution in [0.5, 0.6) is 0 Å². The molecule has 1 aliphatic rings. The molecule has 0 fully saturated rings. The van der Waals surface area contributed by atoms with Gasteiger partial charge in [0, 0.05) is 16.1 Å². The molecule has 0 unspecified atom stereocenters. The van der Waals surface area contributed by atoms with Crippen LogP contribution in [0.2, 0.25) is 5.02 Å². The molecule has 1 aliphatic heterocycles. The van der Waals surface area contributed by atoms with Crippen LogP contribution in [0, 0.1) is 0 Å². The first kappa shape index (κ1) is 15.6. The molecular weight excluding hydrogens is 332 g/mol. The molecule has 4 nitrogen and oxygen atoms in total. The van der Waals surface area contributed by atoms with E-state index in [1.54, 1.807) is 11.0 Å². The lowest BCUT2D eigenvalue weighted by Gasteiger charge is -2.23. The highest BCUT2D eigenvalue weighted by molar-refractivity contribution is 7.80. The third-order valence-electron chi connectivity index (χ3n) is 3.55. The molecule has 0 bridgehead atoms. The van der Waals surface area contributed by atoms with Crippen LogP contribution in [-0.2, 0) is 4.79 Å². The number of anilines is 1. The summed E-state index contributed by atoms with van der Waals surface area (Å²) < 4.78 is 0.